The molecule has 2 heteroatoms. The van der Waals surface area contributed by atoms with Crippen molar-refractivity contribution in [1.82, 2.24) is 0 Å². The van der Waals surface area contributed by atoms with Gasteiger partial charge in [0.1, 0.15) is 0 Å². The first kappa shape index (κ1) is 11.2. The largest absolute Gasteiger partial charge is 0.377 e. The molecule has 0 N–H and O–H groups in total. The zero-order chi connectivity index (χ0) is 10.2. The molecule has 2 nitrogen and oxygen atoms in total. The van der Waals surface area contributed by atoms with E-state index >= 15 is 0 Å². The van der Waals surface area contributed by atoms with Gasteiger partial charge in [0.15, 0.2) is 0 Å². The SMILES string of the molecule is CCOCc1cccc(COCC)c1. The van der Waals surface area contributed by atoms with Crippen LogP contribution in [0.1, 0.15) is 25.0 Å². The molecule has 0 saturated heterocycles. The van der Waals surface area contributed by atoms with E-state index in [-0.39, 0.29) is 0 Å². The van der Waals surface area contributed by atoms with Crippen molar-refractivity contribution in [1.29, 1.82) is 0 Å². The van der Waals surface area contributed by atoms with E-state index in [4.69, 9.17) is 9.47 Å². The Labute approximate surface area is 85.8 Å². The van der Waals surface area contributed by atoms with Crippen molar-refractivity contribution in [2.24, 2.45) is 0 Å². The van der Waals surface area contributed by atoms with Crippen molar-refractivity contribution in [3.63, 3.8) is 0 Å². The molecule has 1 aromatic rings. The maximum Gasteiger partial charge on any atom is 0.0716 e. The molecule has 1 rings (SSSR count). The summed E-state index contributed by atoms with van der Waals surface area (Å²) in [5, 5.41) is 0. The van der Waals surface area contributed by atoms with Gasteiger partial charge in [-0.1, -0.05) is 24.3 Å². The van der Waals surface area contributed by atoms with Crippen LogP contribution in [0, 0.1) is 0 Å². The van der Waals surface area contributed by atoms with Crippen molar-refractivity contribution in [3.8, 4) is 0 Å². The summed E-state index contributed by atoms with van der Waals surface area (Å²) in [6.07, 6.45) is 0. The van der Waals surface area contributed by atoms with Crippen molar-refractivity contribution in [3.05, 3.63) is 35.4 Å². The third-order valence-electron chi connectivity index (χ3n) is 1.94. The summed E-state index contributed by atoms with van der Waals surface area (Å²) in [6.45, 7) is 6.91. The van der Waals surface area contributed by atoms with Crippen LogP contribution in [-0.2, 0) is 22.7 Å². The predicted molar refractivity (Wildman–Crippen MR) is 57.1 cm³/mol. The minimum Gasteiger partial charge on any atom is -0.377 e. The van der Waals surface area contributed by atoms with Crippen molar-refractivity contribution >= 4 is 0 Å². The quantitative estimate of drug-likeness (QED) is 0.693. The maximum atomic E-state index is 5.34. The van der Waals surface area contributed by atoms with Gasteiger partial charge in [-0.25, -0.2) is 0 Å². The Hall–Kier alpha value is -0.860. The van der Waals surface area contributed by atoms with Crippen LogP contribution in [0.2, 0.25) is 0 Å². The highest BCUT2D eigenvalue weighted by atomic mass is 16.5. The van der Waals surface area contributed by atoms with E-state index in [1.54, 1.807) is 0 Å². The first-order valence-corrected chi connectivity index (χ1v) is 5.10. The Morgan fingerprint density at radius 1 is 0.929 bits per heavy atom. The molecule has 0 unspecified atom stereocenters. The zero-order valence-electron chi connectivity index (χ0n) is 8.95. The first-order chi connectivity index (χ1) is 6.86. The van der Waals surface area contributed by atoms with Gasteiger partial charge in [0.25, 0.3) is 0 Å². The summed E-state index contributed by atoms with van der Waals surface area (Å²) in [4.78, 5) is 0. The van der Waals surface area contributed by atoms with Crippen LogP contribution in [0.15, 0.2) is 24.3 Å². The van der Waals surface area contributed by atoms with E-state index in [9.17, 15) is 0 Å². The zero-order valence-corrected chi connectivity index (χ0v) is 8.95. The van der Waals surface area contributed by atoms with Crippen molar-refractivity contribution < 1.29 is 9.47 Å². The molecule has 0 radical (unpaired) electrons. The second kappa shape index (κ2) is 6.57. The van der Waals surface area contributed by atoms with Gasteiger partial charge in [0.2, 0.25) is 0 Å². The highest BCUT2D eigenvalue weighted by Gasteiger charge is 1.95. The topological polar surface area (TPSA) is 18.5 Å². The molecule has 1 aromatic carbocycles. The summed E-state index contributed by atoms with van der Waals surface area (Å²) in [5.41, 5.74) is 2.42. The van der Waals surface area contributed by atoms with E-state index < -0.39 is 0 Å². The molecule has 0 amide bonds. The number of rotatable bonds is 6. The number of hydrogen-bond donors (Lipinski definition) is 0. The van der Waals surface area contributed by atoms with Gasteiger partial charge in [-0.15, -0.1) is 0 Å². The molecular weight excluding hydrogens is 176 g/mol. The Bertz CT molecular complexity index is 235. The molecule has 0 saturated carbocycles. The van der Waals surface area contributed by atoms with Crippen LogP contribution in [-0.4, -0.2) is 13.2 Å². The van der Waals surface area contributed by atoms with Gasteiger partial charge in [-0.05, 0) is 25.0 Å². The van der Waals surface area contributed by atoms with Gasteiger partial charge >= 0.3 is 0 Å². The van der Waals surface area contributed by atoms with Crippen LogP contribution in [0.25, 0.3) is 0 Å². The van der Waals surface area contributed by atoms with Crippen molar-refractivity contribution in [2.75, 3.05) is 13.2 Å². The van der Waals surface area contributed by atoms with Crippen LogP contribution in [0.4, 0.5) is 0 Å². The molecule has 0 atom stereocenters. The van der Waals surface area contributed by atoms with Crippen LogP contribution in [0.3, 0.4) is 0 Å². The van der Waals surface area contributed by atoms with E-state index in [1.807, 2.05) is 19.9 Å². The highest BCUT2D eigenvalue weighted by molar-refractivity contribution is 5.22. The van der Waals surface area contributed by atoms with Crippen LogP contribution < -0.4 is 0 Å². The Morgan fingerprint density at radius 3 is 1.86 bits per heavy atom. The standard InChI is InChI=1S/C12H18O2/c1-3-13-9-11-6-5-7-12(8-11)10-14-4-2/h5-8H,3-4,9-10H2,1-2H3. The molecule has 0 aromatic heterocycles. The van der Waals surface area contributed by atoms with Gasteiger partial charge < -0.3 is 9.47 Å². The maximum absolute atomic E-state index is 5.34. The lowest BCUT2D eigenvalue weighted by atomic mass is 10.1. The summed E-state index contributed by atoms with van der Waals surface area (Å²) < 4.78 is 10.7. The van der Waals surface area contributed by atoms with Crippen molar-refractivity contribution in [2.45, 2.75) is 27.1 Å². The number of hydrogen-bond acceptors (Lipinski definition) is 2. The first-order valence-electron chi connectivity index (χ1n) is 5.10. The average molecular weight is 194 g/mol. The Kier molecular flexibility index (Phi) is 5.27. The second-order valence-electron chi connectivity index (χ2n) is 3.09. The molecule has 0 aliphatic carbocycles. The Balaban J connectivity index is 2.50. The Morgan fingerprint density at radius 2 is 1.43 bits per heavy atom. The lowest BCUT2D eigenvalue weighted by molar-refractivity contribution is 0.130. The van der Waals surface area contributed by atoms with Gasteiger partial charge in [0.05, 0.1) is 13.2 Å². The van der Waals surface area contributed by atoms with Crippen LogP contribution in [0.5, 0.6) is 0 Å². The van der Waals surface area contributed by atoms with Gasteiger partial charge in [-0.3, -0.25) is 0 Å². The summed E-state index contributed by atoms with van der Waals surface area (Å²) in [5.74, 6) is 0. The summed E-state index contributed by atoms with van der Waals surface area (Å²) in [6, 6.07) is 8.32. The summed E-state index contributed by atoms with van der Waals surface area (Å²) >= 11 is 0. The normalized spacial score (nSPS) is 10.4. The van der Waals surface area contributed by atoms with Gasteiger partial charge in [-0.2, -0.15) is 0 Å². The smallest absolute Gasteiger partial charge is 0.0716 e. The average Bonchev–Trinajstić information content (AvgIpc) is 2.24. The van der Waals surface area contributed by atoms with Gasteiger partial charge in [0, 0.05) is 13.2 Å². The second-order valence-corrected chi connectivity index (χ2v) is 3.09. The van der Waals surface area contributed by atoms with Crippen LogP contribution >= 0.6 is 0 Å². The summed E-state index contributed by atoms with van der Waals surface area (Å²) in [7, 11) is 0. The van der Waals surface area contributed by atoms with E-state index in [2.05, 4.69) is 18.2 Å². The number of ether oxygens (including phenoxy) is 2. The molecule has 78 valence electrons. The van der Waals surface area contributed by atoms with E-state index in [1.165, 1.54) is 11.1 Å². The fourth-order valence-corrected chi connectivity index (χ4v) is 1.25. The highest BCUT2D eigenvalue weighted by Crippen LogP contribution is 2.07. The molecule has 0 heterocycles. The number of benzene rings is 1. The fourth-order valence-electron chi connectivity index (χ4n) is 1.25. The molecule has 0 aliphatic rings. The molecular formula is C12H18O2. The fraction of sp³-hybridized carbons (Fsp3) is 0.500. The van der Waals surface area contributed by atoms with E-state index in [0.29, 0.717) is 13.2 Å². The monoisotopic (exact) mass is 194 g/mol. The third-order valence-corrected chi connectivity index (χ3v) is 1.94. The molecule has 14 heavy (non-hydrogen) atoms. The van der Waals surface area contributed by atoms with E-state index in [0.717, 1.165) is 13.2 Å². The molecule has 0 spiro atoms. The predicted octanol–water partition coefficient (Wildman–Crippen LogP) is 2.76. The lowest BCUT2D eigenvalue weighted by Crippen LogP contribution is -1.95. The minimum absolute atomic E-state index is 0.691. The molecule has 0 bridgehead atoms. The minimum atomic E-state index is 0.691. The molecule has 0 fully saturated rings. The molecule has 0 aliphatic heterocycles. The third kappa shape index (κ3) is 3.90. The lowest BCUT2D eigenvalue weighted by Gasteiger charge is -2.05.